The summed E-state index contributed by atoms with van der Waals surface area (Å²) in [7, 11) is -4.18. The molecule has 0 aromatic carbocycles. The summed E-state index contributed by atoms with van der Waals surface area (Å²) in [5.41, 5.74) is 0. The number of unbranched alkanes of at least 4 members (excludes halogenated alkanes) is 1. The normalized spacial score (nSPS) is 30.2. The molecule has 2 bridgehead atoms. The molecule has 0 atom stereocenters. The van der Waals surface area contributed by atoms with Crippen LogP contribution in [0.25, 0.3) is 0 Å². The Bertz CT molecular complexity index is 434. The maximum atomic E-state index is 3.28. The fraction of sp³-hybridized carbons (Fsp3) is 1.00. The predicted molar refractivity (Wildman–Crippen MR) is 132 cm³/mol. The van der Waals surface area contributed by atoms with Gasteiger partial charge in [0.25, 0.3) is 0 Å². The van der Waals surface area contributed by atoms with Crippen LogP contribution in [-0.2, 0) is 0 Å². The molecule has 3 heterocycles. The van der Waals surface area contributed by atoms with E-state index in [2.05, 4.69) is 79.1 Å². The molecule has 0 radical (unpaired) electrons. The average molecular weight is 536 g/mol. The molecule has 0 unspecified atom stereocenters. The number of fused-ring (bicyclic) bond motifs is 6. The first-order valence-electron chi connectivity index (χ1n) is 11.3. The molecule has 0 N–H and O–H groups in total. The van der Waals surface area contributed by atoms with Crippen LogP contribution in [0, 0.1) is 0 Å². The minimum absolute atomic E-state index is 1.31. The van der Waals surface area contributed by atoms with Crippen LogP contribution in [0.1, 0.15) is 19.8 Å². The van der Waals surface area contributed by atoms with Gasteiger partial charge in [-0.05, 0) is 0 Å². The Balaban J connectivity index is 2.76. The van der Waals surface area contributed by atoms with Gasteiger partial charge in [-0.2, -0.15) is 0 Å². The second-order valence-electron chi connectivity index (χ2n) is 11.7. The molecular formula is C19H48N4Si3Sn. The van der Waals surface area contributed by atoms with Crippen LogP contribution in [0.15, 0.2) is 0 Å². The first kappa shape index (κ1) is 24.6. The van der Waals surface area contributed by atoms with E-state index in [4.69, 9.17) is 0 Å². The third-order valence-corrected chi connectivity index (χ3v) is 48.7. The molecule has 0 amide bonds. The molecule has 0 spiro atoms. The van der Waals surface area contributed by atoms with Gasteiger partial charge in [-0.1, -0.05) is 0 Å². The van der Waals surface area contributed by atoms with Gasteiger partial charge < -0.3 is 0 Å². The Morgan fingerprint density at radius 2 is 0.926 bits per heavy atom. The first-order valence-corrected chi connectivity index (χ1v) is 27.5. The van der Waals surface area contributed by atoms with Crippen molar-refractivity contribution in [2.45, 2.75) is 83.1 Å². The van der Waals surface area contributed by atoms with Crippen molar-refractivity contribution in [3.8, 4) is 0 Å². The van der Waals surface area contributed by atoms with Gasteiger partial charge >= 0.3 is 180 Å². The zero-order valence-corrected chi connectivity index (χ0v) is 26.0. The number of hydrogen-bond acceptors (Lipinski definition) is 4. The Morgan fingerprint density at radius 3 is 1.19 bits per heavy atom. The fourth-order valence-corrected chi connectivity index (χ4v) is 58.8. The van der Waals surface area contributed by atoms with E-state index in [1.165, 1.54) is 56.5 Å². The van der Waals surface area contributed by atoms with E-state index in [1.807, 2.05) is 0 Å². The average Bonchev–Trinajstić information content (AvgIpc) is 2.41. The molecule has 4 nitrogen and oxygen atoms in total. The SMILES string of the molecule is CCC[CH2][Sn]12[N]([Si](C)(C)C)CCN(CC[N]1[Si](C)(C)C)CC[N]2[Si](C)(C)C. The zero-order valence-electron chi connectivity index (χ0n) is 20.2. The molecule has 3 aliphatic heterocycles. The topological polar surface area (TPSA) is 13.0 Å². The van der Waals surface area contributed by atoms with E-state index in [9.17, 15) is 0 Å². The number of rotatable bonds is 6. The second-order valence-corrected chi connectivity index (χ2v) is 40.6. The maximum absolute atomic E-state index is 3.28. The predicted octanol–water partition coefficient (Wildman–Crippen LogP) is 4.47. The van der Waals surface area contributed by atoms with Gasteiger partial charge in [0.1, 0.15) is 0 Å². The molecule has 0 saturated carbocycles. The van der Waals surface area contributed by atoms with Crippen LogP contribution >= 0.6 is 0 Å². The van der Waals surface area contributed by atoms with Crippen molar-refractivity contribution in [1.29, 1.82) is 0 Å². The van der Waals surface area contributed by atoms with Crippen molar-refractivity contribution >= 4 is 43.9 Å². The third-order valence-electron chi connectivity index (χ3n) is 6.51. The van der Waals surface area contributed by atoms with Crippen LogP contribution in [-0.4, -0.2) is 96.4 Å². The van der Waals surface area contributed by atoms with Crippen LogP contribution in [0.4, 0.5) is 0 Å². The van der Waals surface area contributed by atoms with Crippen molar-refractivity contribution in [1.82, 2.24) is 13.3 Å². The van der Waals surface area contributed by atoms with Gasteiger partial charge in [0, 0.05) is 0 Å². The molecule has 160 valence electrons. The second kappa shape index (κ2) is 8.80. The van der Waals surface area contributed by atoms with Crippen LogP contribution in [0.3, 0.4) is 0 Å². The Morgan fingerprint density at radius 1 is 0.593 bits per heavy atom. The summed E-state index contributed by atoms with van der Waals surface area (Å²) in [5, 5.41) is 0. The summed E-state index contributed by atoms with van der Waals surface area (Å²) < 4.78 is 11.4. The molecule has 3 fully saturated rings. The van der Waals surface area contributed by atoms with Gasteiger partial charge in [-0.15, -0.1) is 0 Å². The van der Waals surface area contributed by atoms with E-state index < -0.39 is 43.9 Å². The Labute approximate surface area is 178 Å². The zero-order chi connectivity index (χ0) is 20.7. The molecule has 8 heteroatoms. The molecule has 0 aliphatic carbocycles. The van der Waals surface area contributed by atoms with E-state index >= 15 is 0 Å². The monoisotopic (exact) mass is 536 g/mol. The van der Waals surface area contributed by atoms with Gasteiger partial charge in [-0.25, -0.2) is 0 Å². The molecule has 3 saturated heterocycles. The third kappa shape index (κ3) is 5.32. The van der Waals surface area contributed by atoms with Crippen molar-refractivity contribution < 1.29 is 0 Å². The quantitative estimate of drug-likeness (QED) is 0.466. The van der Waals surface area contributed by atoms with Crippen LogP contribution < -0.4 is 0 Å². The molecule has 0 aromatic heterocycles. The van der Waals surface area contributed by atoms with Crippen LogP contribution in [0.2, 0.25) is 63.4 Å². The summed E-state index contributed by atoms with van der Waals surface area (Å²) in [6.45, 7) is 34.2. The number of nitrogens with zero attached hydrogens (tertiary/aromatic N) is 4. The van der Waals surface area contributed by atoms with Gasteiger partial charge in [-0.3, -0.25) is 0 Å². The van der Waals surface area contributed by atoms with Crippen LogP contribution in [0.5, 0.6) is 0 Å². The summed E-state index contributed by atoms with van der Waals surface area (Å²) in [6, 6.07) is 0. The van der Waals surface area contributed by atoms with Crippen molar-refractivity contribution in [3.63, 3.8) is 0 Å². The summed E-state index contributed by atoms with van der Waals surface area (Å²) in [4.78, 5) is 2.79. The summed E-state index contributed by atoms with van der Waals surface area (Å²) >= 11 is -2.93. The minimum atomic E-state index is -2.93. The van der Waals surface area contributed by atoms with E-state index in [1.54, 1.807) is 0 Å². The van der Waals surface area contributed by atoms with E-state index in [0.29, 0.717) is 0 Å². The summed E-state index contributed by atoms with van der Waals surface area (Å²) in [6.07, 6.45) is 2.78. The number of hydrogen-bond donors (Lipinski definition) is 0. The Kier molecular flexibility index (Phi) is 8.01. The Hall–Kier alpha value is 1.29. The molecular weight excluding hydrogens is 487 g/mol. The van der Waals surface area contributed by atoms with Gasteiger partial charge in [0.05, 0.1) is 0 Å². The van der Waals surface area contributed by atoms with E-state index in [0.717, 1.165) is 0 Å². The van der Waals surface area contributed by atoms with Crippen molar-refractivity contribution in [3.05, 3.63) is 0 Å². The van der Waals surface area contributed by atoms with E-state index in [-0.39, 0.29) is 0 Å². The molecule has 27 heavy (non-hydrogen) atoms. The fourth-order valence-electron chi connectivity index (χ4n) is 5.47. The molecule has 3 rings (SSSR count). The van der Waals surface area contributed by atoms with Gasteiger partial charge in [0.15, 0.2) is 0 Å². The van der Waals surface area contributed by atoms with Crippen molar-refractivity contribution in [2.24, 2.45) is 0 Å². The first-order chi connectivity index (χ1) is 12.2. The summed E-state index contributed by atoms with van der Waals surface area (Å²) in [5.74, 6) is 0. The van der Waals surface area contributed by atoms with Gasteiger partial charge in [0.2, 0.25) is 0 Å². The molecule has 0 aromatic rings. The van der Waals surface area contributed by atoms with Crippen molar-refractivity contribution in [2.75, 3.05) is 39.3 Å². The standard InChI is InChI=1S/C15H39N4Si3.C4H9.Sn/c1-20(2,3)16-10-13-19(14-11-17-21(4,5)6)15-12-18-22(7,8)9;1-3-4-2;/h10-15H2,1-9H3;1,3-4H2,2H3;/q-3;;+3. The molecule has 3 aliphatic rings.